The Hall–Kier alpha value is -2.50. The molecule has 0 unspecified atom stereocenters. The van der Waals surface area contributed by atoms with E-state index in [0.717, 1.165) is 41.9 Å². The van der Waals surface area contributed by atoms with E-state index < -0.39 is 23.5 Å². The molecule has 0 aromatic rings. The van der Waals surface area contributed by atoms with E-state index in [-0.39, 0.29) is 5.57 Å². The summed E-state index contributed by atoms with van der Waals surface area (Å²) in [6.45, 7) is 15.6. The Balaban J connectivity index is 3.42. The van der Waals surface area contributed by atoms with Crippen molar-refractivity contribution in [1.82, 2.24) is 0 Å². The fraction of sp³-hybridized carbons (Fsp3) is 0.360. The van der Waals surface area contributed by atoms with E-state index in [4.69, 9.17) is 0 Å². The topological polar surface area (TPSA) is 0 Å². The summed E-state index contributed by atoms with van der Waals surface area (Å²) in [7, 11) is 0. The second kappa shape index (κ2) is 10.7. The molecule has 1 aliphatic rings. The lowest BCUT2D eigenvalue weighted by Gasteiger charge is -2.14. The normalized spacial score (nSPS) is 17.3. The van der Waals surface area contributed by atoms with Crippen LogP contribution in [0.1, 0.15) is 46.5 Å². The molecule has 0 amide bonds. The van der Waals surface area contributed by atoms with Crippen molar-refractivity contribution < 1.29 is 26.3 Å². The van der Waals surface area contributed by atoms with Crippen LogP contribution < -0.4 is 0 Å². The first-order chi connectivity index (χ1) is 14.2. The quantitative estimate of drug-likeness (QED) is 0.260. The van der Waals surface area contributed by atoms with Crippen LogP contribution in [-0.4, -0.2) is 12.4 Å². The molecular weight excluding hydrogens is 414 g/mol. The highest BCUT2D eigenvalue weighted by Crippen LogP contribution is 2.38. The van der Waals surface area contributed by atoms with Crippen molar-refractivity contribution in [2.24, 2.45) is 0 Å². The molecule has 0 heterocycles. The first-order valence-electron chi connectivity index (χ1n) is 9.87. The lowest BCUT2D eigenvalue weighted by Crippen LogP contribution is -2.11. The molecule has 0 aromatic heterocycles. The Kier molecular flexibility index (Phi) is 9.15. The van der Waals surface area contributed by atoms with Gasteiger partial charge in [0.25, 0.3) is 0 Å². The van der Waals surface area contributed by atoms with Crippen LogP contribution in [-0.2, 0) is 0 Å². The van der Waals surface area contributed by atoms with Gasteiger partial charge in [0.15, 0.2) is 0 Å². The maximum atomic E-state index is 13.6. The first kappa shape index (κ1) is 26.5. The Morgan fingerprint density at radius 2 is 1.35 bits per heavy atom. The standard InChI is InChI=1S/C25H28F6/c1-7-16(3)18(5)14-21(25(29,30)31)15-19(6)23-11-9-10-22(23)17(4)12-13-20(8-2)24(26,27)28/h8,12-15H,2-3,5,7,9-11H2,1,4,6H3/b17-12-,19-15+,20-13+,21-14+. The molecule has 0 saturated heterocycles. The molecule has 0 atom stereocenters. The Morgan fingerprint density at radius 3 is 1.81 bits per heavy atom. The van der Waals surface area contributed by atoms with Crippen LogP contribution in [0.2, 0.25) is 0 Å². The highest BCUT2D eigenvalue weighted by atomic mass is 19.4. The minimum Gasteiger partial charge on any atom is -0.166 e. The van der Waals surface area contributed by atoms with Gasteiger partial charge in [-0.25, -0.2) is 0 Å². The second-order valence-corrected chi connectivity index (χ2v) is 7.39. The van der Waals surface area contributed by atoms with Crippen LogP contribution in [0.15, 0.2) is 94.7 Å². The Labute approximate surface area is 180 Å². The van der Waals surface area contributed by atoms with Gasteiger partial charge in [0.1, 0.15) is 0 Å². The van der Waals surface area contributed by atoms with Crippen LogP contribution in [0.25, 0.3) is 0 Å². The third-order valence-corrected chi connectivity index (χ3v) is 5.14. The van der Waals surface area contributed by atoms with Crippen molar-refractivity contribution in [3.05, 3.63) is 94.7 Å². The van der Waals surface area contributed by atoms with E-state index in [9.17, 15) is 26.3 Å². The molecule has 0 spiro atoms. The van der Waals surface area contributed by atoms with Crippen LogP contribution >= 0.6 is 0 Å². The SMILES string of the molecule is C=C/C(=C\C=C(\C)C1=C(/C(C)=C/C(=C\C(=C)C(=C)CC)C(F)(F)F)CCC1)C(F)(F)F. The summed E-state index contributed by atoms with van der Waals surface area (Å²) >= 11 is 0. The molecular formula is C25H28F6. The average Bonchev–Trinajstić information content (AvgIpc) is 3.15. The summed E-state index contributed by atoms with van der Waals surface area (Å²) in [6.07, 6.45) is -1.66. The molecule has 0 aliphatic heterocycles. The summed E-state index contributed by atoms with van der Waals surface area (Å²) < 4.78 is 79.4. The molecule has 31 heavy (non-hydrogen) atoms. The van der Waals surface area contributed by atoms with E-state index in [1.807, 2.05) is 0 Å². The lowest BCUT2D eigenvalue weighted by molar-refractivity contribution is -0.0891. The maximum Gasteiger partial charge on any atom is 0.416 e. The van der Waals surface area contributed by atoms with Gasteiger partial charge in [0.05, 0.1) is 11.1 Å². The molecule has 170 valence electrons. The number of hydrogen-bond acceptors (Lipinski definition) is 0. The van der Waals surface area contributed by atoms with Gasteiger partial charge in [-0.1, -0.05) is 38.8 Å². The van der Waals surface area contributed by atoms with E-state index in [1.54, 1.807) is 20.8 Å². The van der Waals surface area contributed by atoms with Gasteiger partial charge in [-0.2, -0.15) is 26.3 Å². The Morgan fingerprint density at radius 1 is 0.839 bits per heavy atom. The predicted octanol–water partition coefficient (Wildman–Crippen LogP) is 9.05. The summed E-state index contributed by atoms with van der Waals surface area (Å²) in [4.78, 5) is 0. The number of alkyl halides is 6. The van der Waals surface area contributed by atoms with Crippen molar-refractivity contribution in [1.29, 1.82) is 0 Å². The van der Waals surface area contributed by atoms with Crippen LogP contribution in [0, 0.1) is 0 Å². The summed E-state index contributed by atoms with van der Waals surface area (Å²) in [5.74, 6) is 0. The third kappa shape index (κ3) is 7.60. The zero-order valence-electron chi connectivity index (χ0n) is 18.1. The third-order valence-electron chi connectivity index (χ3n) is 5.14. The summed E-state index contributed by atoms with van der Waals surface area (Å²) in [5, 5.41) is 0. The fourth-order valence-electron chi connectivity index (χ4n) is 3.25. The Bertz CT molecular complexity index is 880. The minimum absolute atomic E-state index is 0.213. The van der Waals surface area contributed by atoms with Gasteiger partial charge < -0.3 is 0 Å². The molecule has 0 bridgehead atoms. The highest BCUT2D eigenvalue weighted by molar-refractivity contribution is 5.51. The predicted molar refractivity (Wildman–Crippen MR) is 115 cm³/mol. The van der Waals surface area contributed by atoms with Crippen molar-refractivity contribution >= 4 is 0 Å². The number of rotatable bonds is 8. The van der Waals surface area contributed by atoms with E-state index in [1.165, 1.54) is 6.08 Å². The second-order valence-electron chi connectivity index (χ2n) is 7.39. The zero-order valence-corrected chi connectivity index (χ0v) is 18.1. The van der Waals surface area contributed by atoms with Gasteiger partial charge in [-0.3, -0.25) is 0 Å². The van der Waals surface area contributed by atoms with Gasteiger partial charge in [-0.05, 0) is 91.2 Å². The largest absolute Gasteiger partial charge is 0.416 e. The molecule has 1 aliphatic carbocycles. The smallest absolute Gasteiger partial charge is 0.166 e. The van der Waals surface area contributed by atoms with Crippen LogP contribution in [0.3, 0.4) is 0 Å². The number of hydrogen-bond donors (Lipinski definition) is 0. The van der Waals surface area contributed by atoms with Crippen molar-refractivity contribution in [3.8, 4) is 0 Å². The molecule has 0 aromatic carbocycles. The lowest BCUT2D eigenvalue weighted by atomic mass is 9.95. The monoisotopic (exact) mass is 442 g/mol. The molecule has 0 N–H and O–H groups in total. The molecule has 6 heteroatoms. The molecule has 0 fully saturated rings. The molecule has 0 nitrogen and oxygen atoms in total. The summed E-state index contributed by atoms with van der Waals surface area (Å²) in [5.41, 5.74) is 1.53. The maximum absolute atomic E-state index is 13.6. The average molecular weight is 442 g/mol. The van der Waals surface area contributed by atoms with Crippen molar-refractivity contribution in [2.75, 3.05) is 0 Å². The van der Waals surface area contributed by atoms with Crippen LogP contribution in [0.4, 0.5) is 26.3 Å². The van der Waals surface area contributed by atoms with E-state index in [2.05, 4.69) is 19.7 Å². The van der Waals surface area contributed by atoms with Gasteiger partial charge >= 0.3 is 12.4 Å². The number of allylic oxidation sites excluding steroid dienone is 13. The minimum atomic E-state index is -4.57. The van der Waals surface area contributed by atoms with Gasteiger partial charge in [-0.15, -0.1) is 0 Å². The van der Waals surface area contributed by atoms with E-state index in [0.29, 0.717) is 36.0 Å². The molecule has 0 saturated carbocycles. The first-order valence-corrected chi connectivity index (χ1v) is 9.87. The van der Waals surface area contributed by atoms with Crippen molar-refractivity contribution in [3.63, 3.8) is 0 Å². The van der Waals surface area contributed by atoms with E-state index >= 15 is 0 Å². The van der Waals surface area contributed by atoms with Gasteiger partial charge in [0, 0.05) is 0 Å². The van der Waals surface area contributed by atoms with Gasteiger partial charge in [0.2, 0.25) is 0 Å². The summed E-state index contributed by atoms with van der Waals surface area (Å²) in [6, 6.07) is 0. The van der Waals surface area contributed by atoms with Crippen LogP contribution in [0.5, 0.6) is 0 Å². The highest BCUT2D eigenvalue weighted by Gasteiger charge is 2.33. The number of halogens is 6. The molecule has 0 radical (unpaired) electrons. The molecule has 1 rings (SSSR count). The van der Waals surface area contributed by atoms with Crippen molar-refractivity contribution in [2.45, 2.75) is 58.8 Å². The fourth-order valence-corrected chi connectivity index (χ4v) is 3.25. The zero-order chi connectivity index (χ0) is 24.0.